The minimum atomic E-state index is -4.61. The number of alkyl halides is 3. The van der Waals surface area contributed by atoms with Crippen LogP contribution in [-0.4, -0.2) is 6.21 Å². The lowest BCUT2D eigenvalue weighted by molar-refractivity contribution is -0.137. The van der Waals surface area contributed by atoms with Crippen molar-refractivity contribution in [1.29, 1.82) is 0 Å². The van der Waals surface area contributed by atoms with Gasteiger partial charge in [0.1, 0.15) is 5.82 Å². The van der Waals surface area contributed by atoms with Crippen LogP contribution < -0.4 is 5.84 Å². The van der Waals surface area contributed by atoms with Crippen LogP contribution in [0, 0.1) is 5.82 Å². The number of hydrazone groups is 1. The highest BCUT2D eigenvalue weighted by Crippen LogP contribution is 2.31. The van der Waals surface area contributed by atoms with Crippen molar-refractivity contribution in [2.75, 3.05) is 0 Å². The molecule has 0 aliphatic rings. The largest absolute Gasteiger partial charge is 0.417 e. The molecular weight excluding hydrogens is 200 g/mol. The minimum absolute atomic E-state index is 0.263. The summed E-state index contributed by atoms with van der Waals surface area (Å²) in [7, 11) is 0. The quantitative estimate of drug-likeness (QED) is 0.325. The van der Waals surface area contributed by atoms with Gasteiger partial charge in [-0.15, -0.1) is 0 Å². The van der Waals surface area contributed by atoms with Crippen LogP contribution in [0.3, 0.4) is 0 Å². The molecule has 0 aromatic heterocycles. The summed E-state index contributed by atoms with van der Waals surface area (Å²) in [6.45, 7) is 0. The van der Waals surface area contributed by atoms with Crippen molar-refractivity contribution >= 4 is 6.21 Å². The Hall–Kier alpha value is -1.59. The molecular formula is C8H6F4N2. The van der Waals surface area contributed by atoms with Gasteiger partial charge in [-0.25, -0.2) is 4.39 Å². The molecule has 0 saturated carbocycles. The molecule has 2 nitrogen and oxygen atoms in total. The SMILES string of the molecule is NN=Cc1ccc(F)cc1C(F)(F)F. The second kappa shape index (κ2) is 3.65. The highest BCUT2D eigenvalue weighted by atomic mass is 19.4. The summed E-state index contributed by atoms with van der Waals surface area (Å²) in [5.41, 5.74) is -1.35. The van der Waals surface area contributed by atoms with E-state index in [2.05, 4.69) is 5.10 Å². The first kappa shape index (κ1) is 10.5. The van der Waals surface area contributed by atoms with E-state index in [1.54, 1.807) is 0 Å². The van der Waals surface area contributed by atoms with Gasteiger partial charge in [0.15, 0.2) is 0 Å². The number of halogens is 4. The Morgan fingerprint density at radius 1 is 1.29 bits per heavy atom. The van der Waals surface area contributed by atoms with Gasteiger partial charge in [-0.2, -0.15) is 18.3 Å². The zero-order chi connectivity index (χ0) is 10.8. The van der Waals surface area contributed by atoms with Crippen molar-refractivity contribution in [3.8, 4) is 0 Å². The fourth-order valence-corrected chi connectivity index (χ4v) is 0.967. The van der Waals surface area contributed by atoms with Crippen molar-refractivity contribution in [3.63, 3.8) is 0 Å². The maximum Gasteiger partial charge on any atom is 0.417 e. The molecule has 1 rings (SSSR count). The first-order valence-corrected chi connectivity index (χ1v) is 3.55. The Balaban J connectivity index is 3.30. The number of hydrogen-bond acceptors (Lipinski definition) is 2. The Morgan fingerprint density at radius 3 is 2.43 bits per heavy atom. The van der Waals surface area contributed by atoms with Gasteiger partial charge >= 0.3 is 6.18 Å². The first-order chi connectivity index (χ1) is 6.45. The van der Waals surface area contributed by atoms with Crippen molar-refractivity contribution in [2.45, 2.75) is 6.18 Å². The summed E-state index contributed by atoms with van der Waals surface area (Å²) in [5.74, 6) is 3.77. The van der Waals surface area contributed by atoms with E-state index in [9.17, 15) is 17.6 Å². The predicted octanol–water partition coefficient (Wildman–Crippen LogP) is 2.14. The van der Waals surface area contributed by atoms with Crippen molar-refractivity contribution in [2.24, 2.45) is 10.9 Å². The minimum Gasteiger partial charge on any atom is -0.323 e. The highest BCUT2D eigenvalue weighted by molar-refractivity contribution is 5.81. The summed E-state index contributed by atoms with van der Waals surface area (Å²) in [4.78, 5) is 0. The Kier molecular flexibility index (Phi) is 2.73. The van der Waals surface area contributed by atoms with Crippen LogP contribution in [-0.2, 0) is 6.18 Å². The van der Waals surface area contributed by atoms with Crippen molar-refractivity contribution < 1.29 is 17.6 Å². The normalized spacial score (nSPS) is 12.3. The topological polar surface area (TPSA) is 38.4 Å². The third-order valence-electron chi connectivity index (χ3n) is 1.53. The Morgan fingerprint density at radius 2 is 1.93 bits per heavy atom. The fraction of sp³-hybridized carbons (Fsp3) is 0.125. The maximum absolute atomic E-state index is 12.5. The summed E-state index contributed by atoms with van der Waals surface area (Å²) in [6, 6.07) is 2.28. The number of nitrogens with zero attached hydrogens (tertiary/aromatic N) is 1. The summed E-state index contributed by atoms with van der Waals surface area (Å²) in [5, 5.41) is 2.96. The molecule has 0 spiro atoms. The number of hydrogen-bond donors (Lipinski definition) is 1. The molecule has 6 heteroatoms. The second-order valence-electron chi connectivity index (χ2n) is 2.51. The van der Waals surface area contributed by atoms with Crippen molar-refractivity contribution in [3.05, 3.63) is 35.1 Å². The monoisotopic (exact) mass is 206 g/mol. The molecule has 0 saturated heterocycles. The number of nitrogens with two attached hydrogens (primary N) is 1. The average molecular weight is 206 g/mol. The fourth-order valence-electron chi connectivity index (χ4n) is 0.967. The molecule has 0 aliphatic carbocycles. The van der Waals surface area contributed by atoms with E-state index in [0.717, 1.165) is 18.3 Å². The summed E-state index contributed by atoms with van der Waals surface area (Å²) in [6.07, 6.45) is -3.79. The zero-order valence-electron chi connectivity index (χ0n) is 6.85. The average Bonchev–Trinajstić information content (AvgIpc) is 2.07. The first-order valence-electron chi connectivity index (χ1n) is 3.55. The predicted molar refractivity (Wildman–Crippen MR) is 43.2 cm³/mol. The standard InChI is InChI=1S/C8H6F4N2/c9-6-2-1-5(4-14-13)7(3-6)8(10,11)12/h1-4H,13H2. The summed E-state index contributed by atoms with van der Waals surface area (Å²) >= 11 is 0. The van der Waals surface area contributed by atoms with Gasteiger partial charge < -0.3 is 5.84 Å². The number of rotatable bonds is 1. The van der Waals surface area contributed by atoms with E-state index in [4.69, 9.17) is 5.84 Å². The molecule has 1 aromatic rings. The second-order valence-corrected chi connectivity index (χ2v) is 2.51. The van der Waals surface area contributed by atoms with Gasteiger partial charge in [0, 0.05) is 5.56 Å². The van der Waals surface area contributed by atoms with E-state index in [0.29, 0.717) is 6.07 Å². The molecule has 0 aliphatic heterocycles. The van der Waals surface area contributed by atoms with Crippen molar-refractivity contribution in [1.82, 2.24) is 0 Å². The molecule has 0 heterocycles. The van der Waals surface area contributed by atoms with E-state index in [1.807, 2.05) is 0 Å². The van der Waals surface area contributed by atoms with E-state index in [-0.39, 0.29) is 5.56 Å². The molecule has 0 fully saturated rings. The van der Waals surface area contributed by atoms with Gasteiger partial charge in [0.05, 0.1) is 11.8 Å². The maximum atomic E-state index is 12.5. The third-order valence-corrected chi connectivity index (χ3v) is 1.53. The molecule has 76 valence electrons. The third kappa shape index (κ3) is 2.21. The zero-order valence-corrected chi connectivity index (χ0v) is 6.85. The Bertz CT molecular complexity index is 357. The van der Waals surface area contributed by atoms with E-state index in [1.165, 1.54) is 0 Å². The van der Waals surface area contributed by atoms with Crippen LogP contribution in [0.2, 0.25) is 0 Å². The van der Waals surface area contributed by atoms with Crippen LogP contribution in [0.4, 0.5) is 17.6 Å². The van der Waals surface area contributed by atoms with E-state index >= 15 is 0 Å². The lowest BCUT2D eigenvalue weighted by Gasteiger charge is -2.09. The highest BCUT2D eigenvalue weighted by Gasteiger charge is 2.33. The molecule has 0 atom stereocenters. The molecule has 1 aromatic carbocycles. The lowest BCUT2D eigenvalue weighted by Crippen LogP contribution is -2.09. The van der Waals surface area contributed by atoms with Gasteiger partial charge in [-0.3, -0.25) is 0 Å². The van der Waals surface area contributed by atoms with Gasteiger partial charge in [-0.1, -0.05) is 0 Å². The molecule has 0 bridgehead atoms. The van der Waals surface area contributed by atoms with Crippen LogP contribution >= 0.6 is 0 Å². The summed E-state index contributed by atoms with van der Waals surface area (Å²) < 4.78 is 49.4. The number of benzene rings is 1. The van der Waals surface area contributed by atoms with Gasteiger partial charge in [0.25, 0.3) is 0 Å². The smallest absolute Gasteiger partial charge is 0.323 e. The van der Waals surface area contributed by atoms with Gasteiger partial charge in [0.2, 0.25) is 0 Å². The van der Waals surface area contributed by atoms with Crippen LogP contribution in [0.5, 0.6) is 0 Å². The molecule has 0 radical (unpaired) electrons. The molecule has 0 amide bonds. The van der Waals surface area contributed by atoms with Gasteiger partial charge in [-0.05, 0) is 18.2 Å². The molecule has 2 N–H and O–H groups in total. The Labute approximate surface area is 77.0 Å². The molecule has 14 heavy (non-hydrogen) atoms. The van der Waals surface area contributed by atoms with E-state index < -0.39 is 17.6 Å². The van der Waals surface area contributed by atoms with Crippen LogP contribution in [0.1, 0.15) is 11.1 Å². The molecule has 0 unspecified atom stereocenters. The lowest BCUT2D eigenvalue weighted by atomic mass is 10.1. The van der Waals surface area contributed by atoms with Crippen LogP contribution in [0.25, 0.3) is 0 Å². The van der Waals surface area contributed by atoms with Crippen LogP contribution in [0.15, 0.2) is 23.3 Å².